The van der Waals surface area contributed by atoms with Gasteiger partial charge >= 0.3 is 0 Å². The molecule has 110 valence electrons. The van der Waals surface area contributed by atoms with Crippen molar-refractivity contribution in [2.24, 2.45) is 5.92 Å². The molecule has 0 spiro atoms. The second kappa shape index (κ2) is 5.70. The van der Waals surface area contributed by atoms with Gasteiger partial charge in [-0.3, -0.25) is 0 Å². The van der Waals surface area contributed by atoms with E-state index in [4.69, 9.17) is 0 Å². The summed E-state index contributed by atoms with van der Waals surface area (Å²) < 4.78 is 0. The average molecular weight is 275 g/mol. The molecular formula is C16H25N3O. The van der Waals surface area contributed by atoms with Crippen LogP contribution in [-0.4, -0.2) is 41.4 Å². The first-order chi connectivity index (χ1) is 9.71. The monoisotopic (exact) mass is 275 g/mol. The van der Waals surface area contributed by atoms with E-state index in [2.05, 4.69) is 28.2 Å². The lowest BCUT2D eigenvalue weighted by atomic mass is 9.93. The number of hydrogen-bond donors (Lipinski definition) is 2. The fraction of sp³-hybridized carbons (Fsp3) is 0.688. The molecular weight excluding hydrogens is 250 g/mol. The van der Waals surface area contributed by atoms with E-state index in [1.165, 1.54) is 12.8 Å². The maximum absolute atomic E-state index is 9.67. The van der Waals surface area contributed by atoms with E-state index in [1.54, 1.807) is 0 Å². The lowest BCUT2D eigenvalue weighted by Crippen LogP contribution is -2.55. The standard InChI is InChI=1S/C16H25N3O/c1-16(12-20,13-5-6-13)18-14-7-10-19(11-8-14)15-4-2-3-9-17-15/h2-4,9,13-14,18,20H,5-8,10-12H2,1H3. The Morgan fingerprint density at radius 3 is 2.60 bits per heavy atom. The number of aromatic nitrogens is 1. The second-order valence-electron chi connectivity index (χ2n) is 6.44. The summed E-state index contributed by atoms with van der Waals surface area (Å²) in [5.41, 5.74) is -0.0716. The van der Waals surface area contributed by atoms with Crippen LogP contribution in [-0.2, 0) is 0 Å². The van der Waals surface area contributed by atoms with Crippen molar-refractivity contribution in [1.29, 1.82) is 0 Å². The predicted molar refractivity (Wildman–Crippen MR) is 80.8 cm³/mol. The third-order valence-corrected chi connectivity index (χ3v) is 4.81. The summed E-state index contributed by atoms with van der Waals surface area (Å²) in [4.78, 5) is 6.77. The normalized spacial score (nSPS) is 23.6. The molecule has 2 aliphatic rings. The molecule has 1 aliphatic heterocycles. The van der Waals surface area contributed by atoms with E-state index >= 15 is 0 Å². The molecule has 2 heterocycles. The molecule has 1 aromatic rings. The topological polar surface area (TPSA) is 48.4 Å². The molecule has 1 saturated carbocycles. The third-order valence-electron chi connectivity index (χ3n) is 4.81. The molecule has 1 saturated heterocycles. The summed E-state index contributed by atoms with van der Waals surface area (Å²) in [6.07, 6.45) is 6.63. The molecule has 1 aliphatic carbocycles. The maximum Gasteiger partial charge on any atom is 0.128 e. The Hall–Kier alpha value is -1.13. The van der Waals surface area contributed by atoms with Crippen LogP contribution < -0.4 is 10.2 Å². The highest BCUT2D eigenvalue weighted by Crippen LogP contribution is 2.40. The fourth-order valence-corrected chi connectivity index (χ4v) is 3.27. The Labute approximate surface area is 121 Å². The van der Waals surface area contributed by atoms with Gasteiger partial charge < -0.3 is 15.3 Å². The van der Waals surface area contributed by atoms with Gasteiger partial charge in [0.1, 0.15) is 5.82 Å². The van der Waals surface area contributed by atoms with Crippen molar-refractivity contribution in [2.75, 3.05) is 24.6 Å². The van der Waals surface area contributed by atoms with Gasteiger partial charge in [-0.2, -0.15) is 0 Å². The van der Waals surface area contributed by atoms with Crippen molar-refractivity contribution in [3.05, 3.63) is 24.4 Å². The molecule has 0 bridgehead atoms. The molecule has 0 radical (unpaired) electrons. The summed E-state index contributed by atoms with van der Waals surface area (Å²) in [7, 11) is 0. The smallest absolute Gasteiger partial charge is 0.128 e. The van der Waals surface area contributed by atoms with Crippen molar-refractivity contribution in [2.45, 2.75) is 44.2 Å². The van der Waals surface area contributed by atoms with Crippen molar-refractivity contribution in [1.82, 2.24) is 10.3 Å². The average Bonchev–Trinajstić information content (AvgIpc) is 3.34. The van der Waals surface area contributed by atoms with Crippen LogP contribution in [0.2, 0.25) is 0 Å². The van der Waals surface area contributed by atoms with Crippen LogP contribution in [0.1, 0.15) is 32.6 Å². The summed E-state index contributed by atoms with van der Waals surface area (Å²) >= 11 is 0. The molecule has 1 unspecified atom stereocenters. The first-order valence-corrected chi connectivity index (χ1v) is 7.76. The van der Waals surface area contributed by atoms with Crippen LogP contribution in [0.15, 0.2) is 24.4 Å². The number of nitrogens with one attached hydrogen (secondary N) is 1. The Morgan fingerprint density at radius 1 is 1.30 bits per heavy atom. The molecule has 2 fully saturated rings. The molecule has 1 aromatic heterocycles. The first kappa shape index (κ1) is 13.8. The van der Waals surface area contributed by atoms with Gasteiger partial charge in [0, 0.05) is 30.9 Å². The maximum atomic E-state index is 9.67. The minimum absolute atomic E-state index is 0.0716. The highest BCUT2D eigenvalue weighted by atomic mass is 16.3. The zero-order chi connectivity index (χ0) is 14.0. The molecule has 4 heteroatoms. The van der Waals surface area contributed by atoms with Gasteiger partial charge in [0.25, 0.3) is 0 Å². The van der Waals surface area contributed by atoms with Gasteiger partial charge in [-0.1, -0.05) is 6.07 Å². The van der Waals surface area contributed by atoms with E-state index in [9.17, 15) is 5.11 Å². The molecule has 4 nitrogen and oxygen atoms in total. The number of hydrogen-bond acceptors (Lipinski definition) is 4. The van der Waals surface area contributed by atoms with E-state index in [1.807, 2.05) is 18.3 Å². The lowest BCUT2D eigenvalue weighted by Gasteiger charge is -2.39. The highest BCUT2D eigenvalue weighted by Gasteiger charge is 2.42. The number of aliphatic hydroxyl groups is 1. The van der Waals surface area contributed by atoms with Gasteiger partial charge in [0.2, 0.25) is 0 Å². The molecule has 3 rings (SSSR count). The van der Waals surface area contributed by atoms with Crippen molar-refractivity contribution < 1.29 is 5.11 Å². The van der Waals surface area contributed by atoms with Gasteiger partial charge in [-0.05, 0) is 50.7 Å². The van der Waals surface area contributed by atoms with E-state index in [0.717, 1.165) is 31.7 Å². The zero-order valence-corrected chi connectivity index (χ0v) is 12.3. The summed E-state index contributed by atoms with van der Waals surface area (Å²) in [5.74, 6) is 1.75. The fourth-order valence-electron chi connectivity index (χ4n) is 3.27. The number of rotatable bonds is 5. The Balaban J connectivity index is 1.53. The zero-order valence-electron chi connectivity index (χ0n) is 12.3. The predicted octanol–water partition coefficient (Wildman–Crippen LogP) is 1.80. The number of piperidine rings is 1. The van der Waals surface area contributed by atoms with Gasteiger partial charge in [0.05, 0.1) is 6.61 Å². The van der Waals surface area contributed by atoms with Crippen molar-refractivity contribution in [3.8, 4) is 0 Å². The van der Waals surface area contributed by atoms with Crippen LogP contribution in [0.3, 0.4) is 0 Å². The van der Waals surface area contributed by atoms with E-state index in [0.29, 0.717) is 12.0 Å². The Morgan fingerprint density at radius 2 is 2.05 bits per heavy atom. The summed E-state index contributed by atoms with van der Waals surface area (Å²) in [6, 6.07) is 6.60. The molecule has 0 aromatic carbocycles. The highest BCUT2D eigenvalue weighted by molar-refractivity contribution is 5.38. The Kier molecular flexibility index (Phi) is 3.94. The molecule has 20 heavy (non-hydrogen) atoms. The Bertz CT molecular complexity index is 427. The second-order valence-corrected chi connectivity index (χ2v) is 6.44. The number of anilines is 1. The summed E-state index contributed by atoms with van der Waals surface area (Å²) in [5, 5.41) is 13.4. The minimum Gasteiger partial charge on any atom is -0.394 e. The van der Waals surface area contributed by atoms with Crippen LogP contribution >= 0.6 is 0 Å². The lowest BCUT2D eigenvalue weighted by molar-refractivity contribution is 0.135. The van der Waals surface area contributed by atoms with Crippen LogP contribution in [0.4, 0.5) is 5.82 Å². The quantitative estimate of drug-likeness (QED) is 0.860. The summed E-state index contributed by atoms with van der Waals surface area (Å²) in [6.45, 7) is 4.51. The third kappa shape index (κ3) is 2.96. The largest absolute Gasteiger partial charge is 0.394 e. The molecule has 0 amide bonds. The van der Waals surface area contributed by atoms with Crippen LogP contribution in [0.5, 0.6) is 0 Å². The molecule has 2 N–H and O–H groups in total. The van der Waals surface area contributed by atoms with E-state index < -0.39 is 0 Å². The number of pyridine rings is 1. The van der Waals surface area contributed by atoms with Crippen LogP contribution in [0.25, 0.3) is 0 Å². The van der Waals surface area contributed by atoms with Gasteiger partial charge in [-0.25, -0.2) is 4.98 Å². The minimum atomic E-state index is -0.0716. The van der Waals surface area contributed by atoms with Crippen molar-refractivity contribution in [3.63, 3.8) is 0 Å². The first-order valence-electron chi connectivity index (χ1n) is 7.76. The van der Waals surface area contributed by atoms with Gasteiger partial charge in [0.15, 0.2) is 0 Å². The van der Waals surface area contributed by atoms with Crippen LogP contribution in [0, 0.1) is 5.92 Å². The van der Waals surface area contributed by atoms with Gasteiger partial charge in [-0.15, -0.1) is 0 Å². The SMILES string of the molecule is CC(CO)(NC1CCN(c2ccccn2)CC1)C1CC1. The van der Waals surface area contributed by atoms with Crippen molar-refractivity contribution >= 4 is 5.82 Å². The number of aliphatic hydroxyl groups excluding tert-OH is 1. The van der Waals surface area contributed by atoms with E-state index in [-0.39, 0.29) is 12.1 Å². The number of nitrogens with zero attached hydrogens (tertiary/aromatic N) is 2. The molecule has 1 atom stereocenters.